The van der Waals surface area contributed by atoms with Crippen molar-refractivity contribution >= 4 is 5.91 Å². The molecule has 0 radical (unpaired) electrons. The Morgan fingerprint density at radius 3 is 2.71 bits per heavy atom. The first-order chi connectivity index (χ1) is 11.5. The Labute approximate surface area is 143 Å². The molecule has 1 atom stereocenters. The summed E-state index contributed by atoms with van der Waals surface area (Å²) >= 11 is 0. The third kappa shape index (κ3) is 4.03. The van der Waals surface area contributed by atoms with Gasteiger partial charge in [-0.25, -0.2) is 4.98 Å². The maximum Gasteiger partial charge on any atom is 0.227 e. The lowest BCUT2D eigenvalue weighted by atomic mass is 10.1. The van der Waals surface area contributed by atoms with E-state index >= 15 is 0 Å². The number of nitrogens with zero attached hydrogens (tertiary/aromatic N) is 4. The van der Waals surface area contributed by atoms with E-state index in [0.717, 1.165) is 31.0 Å². The number of carbonyl (C=O) groups is 1. The van der Waals surface area contributed by atoms with E-state index in [0.29, 0.717) is 18.9 Å². The number of carbonyl (C=O) groups excluding carboxylic acids is 1. The molecule has 0 aliphatic carbocycles. The van der Waals surface area contributed by atoms with Crippen LogP contribution in [0.5, 0.6) is 0 Å². The SMILES string of the molecule is Cc1ccc(CC(=O)N2Cc3nccn3CC(CN(C)C)C2)cc1. The molecule has 0 N–H and O–H groups in total. The number of aromatic nitrogens is 2. The molecule has 1 aliphatic rings. The van der Waals surface area contributed by atoms with Crippen LogP contribution >= 0.6 is 0 Å². The van der Waals surface area contributed by atoms with Gasteiger partial charge in [-0.15, -0.1) is 0 Å². The molecular formula is C19H26N4O. The third-order valence-corrected chi connectivity index (χ3v) is 4.52. The third-order valence-electron chi connectivity index (χ3n) is 4.52. The normalized spacial score (nSPS) is 17.7. The molecule has 0 saturated carbocycles. The second-order valence-electron chi connectivity index (χ2n) is 7.06. The van der Waals surface area contributed by atoms with Crippen LogP contribution in [0.25, 0.3) is 0 Å². The minimum atomic E-state index is 0.180. The van der Waals surface area contributed by atoms with Gasteiger partial charge in [-0.3, -0.25) is 4.79 Å². The van der Waals surface area contributed by atoms with Gasteiger partial charge in [-0.2, -0.15) is 0 Å². The van der Waals surface area contributed by atoms with Crippen LogP contribution < -0.4 is 0 Å². The number of aryl methyl sites for hydroxylation is 1. The number of amides is 1. The van der Waals surface area contributed by atoms with Gasteiger partial charge in [-0.05, 0) is 26.6 Å². The summed E-state index contributed by atoms with van der Waals surface area (Å²) in [6.45, 7) is 5.33. The number of imidazole rings is 1. The van der Waals surface area contributed by atoms with Crippen LogP contribution in [-0.2, 0) is 24.3 Å². The predicted octanol–water partition coefficient (Wildman–Crippen LogP) is 1.95. The zero-order valence-corrected chi connectivity index (χ0v) is 14.8. The largest absolute Gasteiger partial charge is 0.335 e. The Morgan fingerprint density at radius 2 is 2.00 bits per heavy atom. The van der Waals surface area contributed by atoms with E-state index in [1.807, 2.05) is 29.4 Å². The quantitative estimate of drug-likeness (QED) is 0.862. The van der Waals surface area contributed by atoms with Crippen LogP contribution in [0.2, 0.25) is 0 Å². The highest BCUT2D eigenvalue weighted by atomic mass is 16.2. The first kappa shape index (κ1) is 16.7. The van der Waals surface area contributed by atoms with Crippen molar-refractivity contribution in [1.82, 2.24) is 19.4 Å². The molecule has 2 heterocycles. The molecule has 3 rings (SSSR count). The number of fused-ring (bicyclic) bond motifs is 1. The number of benzene rings is 1. The highest BCUT2D eigenvalue weighted by Crippen LogP contribution is 2.17. The van der Waals surface area contributed by atoms with E-state index in [1.54, 1.807) is 0 Å². The lowest BCUT2D eigenvalue weighted by molar-refractivity contribution is -0.131. The summed E-state index contributed by atoms with van der Waals surface area (Å²) in [4.78, 5) is 21.4. The maximum absolute atomic E-state index is 12.8. The van der Waals surface area contributed by atoms with Crippen LogP contribution in [0.3, 0.4) is 0 Å². The smallest absolute Gasteiger partial charge is 0.227 e. The summed E-state index contributed by atoms with van der Waals surface area (Å²) in [6.07, 6.45) is 4.30. The molecule has 5 heteroatoms. The average molecular weight is 326 g/mol. The van der Waals surface area contributed by atoms with Crippen molar-refractivity contribution < 1.29 is 4.79 Å². The summed E-state index contributed by atoms with van der Waals surface area (Å²) in [7, 11) is 4.16. The second-order valence-corrected chi connectivity index (χ2v) is 7.06. The van der Waals surface area contributed by atoms with E-state index in [2.05, 4.69) is 47.6 Å². The number of hydrogen-bond donors (Lipinski definition) is 0. The van der Waals surface area contributed by atoms with Crippen LogP contribution in [0.4, 0.5) is 0 Å². The summed E-state index contributed by atoms with van der Waals surface area (Å²) in [5.41, 5.74) is 2.29. The topological polar surface area (TPSA) is 41.4 Å². The maximum atomic E-state index is 12.8. The number of hydrogen-bond acceptors (Lipinski definition) is 3. The summed E-state index contributed by atoms with van der Waals surface area (Å²) in [6, 6.07) is 8.21. The molecule has 0 bridgehead atoms. The molecule has 2 aromatic rings. The zero-order chi connectivity index (χ0) is 17.1. The van der Waals surface area contributed by atoms with Crippen LogP contribution in [0.1, 0.15) is 17.0 Å². The van der Waals surface area contributed by atoms with Crippen LogP contribution in [-0.4, -0.2) is 52.4 Å². The first-order valence-corrected chi connectivity index (χ1v) is 8.49. The monoisotopic (exact) mass is 326 g/mol. The molecule has 1 aromatic carbocycles. The van der Waals surface area contributed by atoms with E-state index in [-0.39, 0.29) is 5.91 Å². The fourth-order valence-corrected chi connectivity index (χ4v) is 3.35. The Hall–Kier alpha value is -2.14. The van der Waals surface area contributed by atoms with Gasteiger partial charge < -0.3 is 14.4 Å². The van der Waals surface area contributed by atoms with E-state index < -0.39 is 0 Å². The Morgan fingerprint density at radius 1 is 1.25 bits per heavy atom. The van der Waals surface area contributed by atoms with Crippen molar-refractivity contribution in [1.29, 1.82) is 0 Å². The molecule has 128 valence electrons. The van der Waals surface area contributed by atoms with Crippen molar-refractivity contribution in [2.75, 3.05) is 27.2 Å². The first-order valence-electron chi connectivity index (χ1n) is 8.49. The summed E-state index contributed by atoms with van der Waals surface area (Å²) in [5, 5.41) is 0. The van der Waals surface area contributed by atoms with Crippen molar-refractivity contribution in [2.24, 2.45) is 5.92 Å². The fourth-order valence-electron chi connectivity index (χ4n) is 3.35. The van der Waals surface area contributed by atoms with E-state index in [9.17, 15) is 4.79 Å². The Balaban J connectivity index is 1.75. The standard InChI is InChI=1S/C19H26N4O/c1-15-4-6-16(7-5-15)10-19(24)23-13-17(11-21(2)3)12-22-9-8-20-18(22)14-23/h4-9,17H,10-14H2,1-3H3. The van der Waals surface area contributed by atoms with Gasteiger partial charge in [0.05, 0.1) is 13.0 Å². The van der Waals surface area contributed by atoms with Crippen LogP contribution in [0.15, 0.2) is 36.7 Å². The van der Waals surface area contributed by atoms with Crippen LogP contribution in [0, 0.1) is 12.8 Å². The molecule has 1 amide bonds. The molecule has 0 saturated heterocycles. The molecular weight excluding hydrogens is 300 g/mol. The van der Waals surface area contributed by atoms with E-state index in [4.69, 9.17) is 0 Å². The Bertz CT molecular complexity index is 690. The van der Waals surface area contributed by atoms with Crippen molar-refractivity contribution in [3.63, 3.8) is 0 Å². The fraction of sp³-hybridized carbons (Fsp3) is 0.474. The lowest BCUT2D eigenvalue weighted by Gasteiger charge is -2.26. The van der Waals surface area contributed by atoms with Crippen molar-refractivity contribution in [3.8, 4) is 0 Å². The number of rotatable bonds is 4. The highest BCUT2D eigenvalue weighted by Gasteiger charge is 2.25. The summed E-state index contributed by atoms with van der Waals surface area (Å²) in [5.74, 6) is 1.57. The lowest BCUT2D eigenvalue weighted by Crippen LogP contribution is -2.38. The summed E-state index contributed by atoms with van der Waals surface area (Å²) < 4.78 is 2.19. The van der Waals surface area contributed by atoms with Gasteiger partial charge in [0.1, 0.15) is 5.82 Å². The van der Waals surface area contributed by atoms with Gasteiger partial charge in [0.15, 0.2) is 0 Å². The molecule has 0 spiro atoms. The molecule has 1 aromatic heterocycles. The van der Waals surface area contributed by atoms with Gasteiger partial charge in [-0.1, -0.05) is 29.8 Å². The minimum Gasteiger partial charge on any atom is -0.335 e. The zero-order valence-electron chi connectivity index (χ0n) is 14.8. The molecule has 0 fully saturated rings. The van der Waals surface area contributed by atoms with Crippen molar-refractivity contribution in [3.05, 3.63) is 53.6 Å². The molecule has 1 aliphatic heterocycles. The predicted molar refractivity (Wildman–Crippen MR) is 94.6 cm³/mol. The molecule has 5 nitrogen and oxygen atoms in total. The van der Waals surface area contributed by atoms with Gasteiger partial charge in [0, 0.05) is 37.9 Å². The van der Waals surface area contributed by atoms with Gasteiger partial charge in [0.25, 0.3) is 0 Å². The van der Waals surface area contributed by atoms with E-state index in [1.165, 1.54) is 5.56 Å². The molecule has 24 heavy (non-hydrogen) atoms. The second kappa shape index (κ2) is 7.18. The molecule has 1 unspecified atom stereocenters. The van der Waals surface area contributed by atoms with Gasteiger partial charge >= 0.3 is 0 Å². The minimum absolute atomic E-state index is 0.180. The average Bonchev–Trinajstić information content (AvgIpc) is 2.88. The highest BCUT2D eigenvalue weighted by molar-refractivity contribution is 5.78. The Kier molecular flexibility index (Phi) is 5.00. The van der Waals surface area contributed by atoms with Gasteiger partial charge in [0.2, 0.25) is 5.91 Å². The van der Waals surface area contributed by atoms with Crippen molar-refractivity contribution in [2.45, 2.75) is 26.4 Å².